The van der Waals surface area contributed by atoms with Crippen molar-refractivity contribution in [2.45, 2.75) is 12.8 Å². The van der Waals surface area contributed by atoms with E-state index in [1.165, 1.54) is 19.3 Å². The topological polar surface area (TPSA) is 72.8 Å². The second kappa shape index (κ2) is 9.92. The molecule has 0 aromatic heterocycles. The Hall–Kier alpha value is -1.62. The van der Waals surface area contributed by atoms with Crippen LogP contribution in [-0.2, 0) is 19.1 Å². The quantitative estimate of drug-likeness (QED) is 0.565. The van der Waals surface area contributed by atoms with Gasteiger partial charge in [0.1, 0.15) is 0 Å². The highest BCUT2D eigenvalue weighted by Crippen LogP contribution is 1.94. The van der Waals surface area contributed by atoms with E-state index in [4.69, 9.17) is 5.11 Å². The van der Waals surface area contributed by atoms with Crippen molar-refractivity contribution in [3.05, 3.63) is 24.3 Å². The number of cyclic esters (lactones) is 1. The summed E-state index contributed by atoms with van der Waals surface area (Å²) in [5.74, 6) is -0.602. The monoisotopic (exact) mass is 228 g/mol. The van der Waals surface area contributed by atoms with E-state index in [1.54, 1.807) is 6.08 Å². The van der Waals surface area contributed by atoms with E-state index in [1.807, 2.05) is 6.08 Å². The van der Waals surface area contributed by atoms with Gasteiger partial charge in [0.25, 0.3) is 0 Å². The zero-order chi connectivity index (χ0) is 12.2. The molecular formula is C11H16O5. The number of aliphatic hydroxyl groups excluding tert-OH is 1. The van der Waals surface area contributed by atoms with Crippen LogP contribution in [-0.4, -0.2) is 37.4 Å². The van der Waals surface area contributed by atoms with E-state index in [2.05, 4.69) is 9.47 Å². The smallest absolute Gasteiger partial charge is 0.330 e. The van der Waals surface area contributed by atoms with Gasteiger partial charge in [0.2, 0.25) is 0 Å². The third-order valence-electron chi connectivity index (χ3n) is 1.53. The number of hydrogen-bond acceptors (Lipinski definition) is 5. The average molecular weight is 228 g/mol. The minimum absolute atomic E-state index is 0.0630. The Bertz CT molecular complexity index is 268. The fourth-order valence-corrected chi connectivity index (χ4v) is 0.777. The van der Waals surface area contributed by atoms with Gasteiger partial charge in [0.05, 0.1) is 13.7 Å². The Kier molecular flexibility index (Phi) is 8.91. The molecule has 0 amide bonds. The second-order valence-electron chi connectivity index (χ2n) is 2.80. The fourth-order valence-electron chi connectivity index (χ4n) is 0.777. The first-order valence-corrected chi connectivity index (χ1v) is 4.89. The van der Waals surface area contributed by atoms with Crippen LogP contribution in [0.25, 0.3) is 0 Å². The van der Waals surface area contributed by atoms with Crippen LogP contribution in [0.4, 0.5) is 0 Å². The van der Waals surface area contributed by atoms with E-state index in [-0.39, 0.29) is 18.5 Å². The van der Waals surface area contributed by atoms with Crippen molar-refractivity contribution in [3.63, 3.8) is 0 Å². The van der Waals surface area contributed by atoms with Crippen molar-refractivity contribution in [2.24, 2.45) is 0 Å². The number of ether oxygens (including phenoxy) is 2. The van der Waals surface area contributed by atoms with Crippen molar-refractivity contribution in [2.75, 3.05) is 20.3 Å². The molecule has 0 aliphatic carbocycles. The van der Waals surface area contributed by atoms with Crippen molar-refractivity contribution in [3.8, 4) is 0 Å². The molecule has 1 heterocycles. The lowest BCUT2D eigenvalue weighted by Gasteiger charge is -2.01. The first-order chi connectivity index (χ1) is 7.70. The van der Waals surface area contributed by atoms with Crippen LogP contribution >= 0.6 is 0 Å². The van der Waals surface area contributed by atoms with E-state index in [9.17, 15) is 9.59 Å². The van der Waals surface area contributed by atoms with E-state index in [0.717, 1.165) is 6.42 Å². The average Bonchev–Trinajstić information content (AvgIpc) is 2.31. The Balaban J connectivity index is 0.000000288. The highest BCUT2D eigenvalue weighted by molar-refractivity contribution is 5.82. The molecule has 0 saturated heterocycles. The first-order valence-electron chi connectivity index (χ1n) is 4.89. The summed E-state index contributed by atoms with van der Waals surface area (Å²) in [6.07, 6.45) is 7.47. The summed E-state index contributed by atoms with van der Waals surface area (Å²) in [4.78, 5) is 20.4. The molecule has 5 nitrogen and oxygen atoms in total. The Morgan fingerprint density at radius 2 is 2.44 bits per heavy atom. The molecule has 0 unspecified atom stereocenters. The second-order valence-corrected chi connectivity index (χ2v) is 2.80. The zero-order valence-corrected chi connectivity index (χ0v) is 9.22. The lowest BCUT2D eigenvalue weighted by molar-refractivity contribution is -0.138. The molecule has 0 spiro atoms. The standard InChI is InChI=1S/C6H10O3.C5H6O2/c1-9-6(8)4-2-3-5-7;6-5-3-1-2-4-7-5/h2,4,7H,3,5H2,1H3;1,3H,2,4H2/b4-2-;. The molecule has 1 aliphatic heterocycles. The van der Waals surface area contributed by atoms with Crippen molar-refractivity contribution < 1.29 is 24.2 Å². The van der Waals surface area contributed by atoms with Gasteiger partial charge in [-0.3, -0.25) is 0 Å². The molecule has 5 heteroatoms. The summed E-state index contributed by atoms with van der Waals surface area (Å²) in [7, 11) is 1.31. The molecule has 0 radical (unpaired) electrons. The van der Waals surface area contributed by atoms with Gasteiger partial charge >= 0.3 is 11.9 Å². The lowest BCUT2D eigenvalue weighted by Crippen LogP contribution is -2.05. The number of hydrogen-bond donors (Lipinski definition) is 1. The highest BCUT2D eigenvalue weighted by atomic mass is 16.5. The van der Waals surface area contributed by atoms with Crippen LogP contribution in [0.1, 0.15) is 12.8 Å². The Morgan fingerprint density at radius 1 is 1.69 bits per heavy atom. The molecule has 16 heavy (non-hydrogen) atoms. The molecule has 0 aromatic carbocycles. The number of carbonyl (C=O) groups is 2. The van der Waals surface area contributed by atoms with Gasteiger partial charge < -0.3 is 14.6 Å². The molecule has 90 valence electrons. The largest absolute Gasteiger partial charge is 0.466 e. The van der Waals surface area contributed by atoms with Crippen LogP contribution in [0.2, 0.25) is 0 Å². The number of aliphatic hydroxyl groups is 1. The minimum atomic E-state index is -0.386. The predicted molar refractivity (Wildman–Crippen MR) is 57.6 cm³/mol. The van der Waals surface area contributed by atoms with Crippen molar-refractivity contribution in [1.29, 1.82) is 0 Å². The van der Waals surface area contributed by atoms with E-state index in [0.29, 0.717) is 13.0 Å². The summed E-state index contributed by atoms with van der Waals surface area (Å²) in [6.45, 7) is 0.614. The van der Waals surface area contributed by atoms with Gasteiger partial charge in [0, 0.05) is 25.2 Å². The molecular weight excluding hydrogens is 212 g/mol. The SMILES string of the molecule is COC(=O)/C=C\CCO.O=C1C=CCCO1. The molecule has 0 bridgehead atoms. The number of rotatable bonds is 3. The summed E-state index contributed by atoms with van der Waals surface area (Å²) >= 11 is 0. The summed E-state index contributed by atoms with van der Waals surface area (Å²) < 4.78 is 8.84. The van der Waals surface area contributed by atoms with Crippen LogP contribution in [0.5, 0.6) is 0 Å². The molecule has 1 aliphatic rings. The predicted octanol–water partition coefficient (Wildman–Crippen LogP) is 0.587. The van der Waals surface area contributed by atoms with E-state index < -0.39 is 0 Å². The van der Waals surface area contributed by atoms with Crippen LogP contribution in [0.15, 0.2) is 24.3 Å². The van der Waals surface area contributed by atoms with Crippen LogP contribution in [0, 0.1) is 0 Å². The van der Waals surface area contributed by atoms with Gasteiger partial charge in [-0.05, 0) is 6.42 Å². The number of methoxy groups -OCH3 is 1. The maximum atomic E-state index is 10.3. The van der Waals surface area contributed by atoms with Crippen molar-refractivity contribution >= 4 is 11.9 Å². The van der Waals surface area contributed by atoms with Gasteiger partial charge in [0.15, 0.2) is 0 Å². The third-order valence-corrected chi connectivity index (χ3v) is 1.53. The number of carbonyl (C=O) groups excluding carboxylic acids is 2. The van der Waals surface area contributed by atoms with E-state index >= 15 is 0 Å². The Morgan fingerprint density at radius 3 is 2.81 bits per heavy atom. The maximum absolute atomic E-state index is 10.3. The third kappa shape index (κ3) is 8.96. The molecule has 0 atom stereocenters. The molecule has 1 rings (SSSR count). The van der Waals surface area contributed by atoms with Gasteiger partial charge in [-0.1, -0.05) is 12.2 Å². The molecule has 1 N–H and O–H groups in total. The van der Waals surface area contributed by atoms with Crippen LogP contribution < -0.4 is 0 Å². The van der Waals surface area contributed by atoms with Crippen LogP contribution in [0.3, 0.4) is 0 Å². The molecule has 0 fully saturated rings. The van der Waals surface area contributed by atoms with Gasteiger partial charge in [-0.2, -0.15) is 0 Å². The highest BCUT2D eigenvalue weighted by Gasteiger charge is 1.98. The lowest BCUT2D eigenvalue weighted by atomic mass is 10.3. The molecule has 0 aromatic rings. The number of esters is 2. The minimum Gasteiger partial charge on any atom is -0.466 e. The molecule has 0 saturated carbocycles. The summed E-state index contributed by atoms with van der Waals surface area (Å²) in [5.41, 5.74) is 0. The normalized spacial score (nSPS) is 14.0. The van der Waals surface area contributed by atoms with Gasteiger partial charge in [-0.25, -0.2) is 9.59 Å². The zero-order valence-electron chi connectivity index (χ0n) is 9.22. The first kappa shape index (κ1) is 14.4. The fraction of sp³-hybridized carbons (Fsp3) is 0.455. The summed E-state index contributed by atoms with van der Waals surface area (Å²) in [6, 6.07) is 0. The maximum Gasteiger partial charge on any atom is 0.330 e. The Labute approximate surface area is 94.4 Å². The summed E-state index contributed by atoms with van der Waals surface area (Å²) in [5, 5.41) is 8.25. The van der Waals surface area contributed by atoms with Gasteiger partial charge in [-0.15, -0.1) is 0 Å². The van der Waals surface area contributed by atoms with Crippen molar-refractivity contribution in [1.82, 2.24) is 0 Å².